The summed E-state index contributed by atoms with van der Waals surface area (Å²) in [5, 5.41) is 7.54. The Morgan fingerprint density at radius 3 is 2.24 bits per heavy atom. The van der Waals surface area contributed by atoms with Gasteiger partial charge >= 0.3 is 0 Å². The van der Waals surface area contributed by atoms with E-state index in [4.69, 9.17) is 12.2 Å². The van der Waals surface area contributed by atoms with Gasteiger partial charge in [0.15, 0.2) is 5.11 Å². The van der Waals surface area contributed by atoms with Crippen molar-refractivity contribution in [1.29, 1.82) is 0 Å². The first-order chi connectivity index (χ1) is 12.3. The van der Waals surface area contributed by atoms with Gasteiger partial charge in [0.2, 0.25) is 0 Å². The second-order valence-electron chi connectivity index (χ2n) is 6.70. The molecule has 4 heteroatoms. The summed E-state index contributed by atoms with van der Waals surface area (Å²) in [5.74, 6) is 0. The summed E-state index contributed by atoms with van der Waals surface area (Å²) in [5.41, 5.74) is 2.74. The minimum atomic E-state index is 0.470. The molecule has 0 amide bonds. The highest BCUT2D eigenvalue weighted by molar-refractivity contribution is 7.80. The summed E-state index contributed by atoms with van der Waals surface area (Å²) in [7, 11) is 0. The summed E-state index contributed by atoms with van der Waals surface area (Å²) in [4.78, 5) is 1.67. The molecule has 0 unspecified atom stereocenters. The van der Waals surface area contributed by atoms with Gasteiger partial charge in [-0.25, -0.2) is 0 Å². The monoisotopic (exact) mass is 354 g/mol. The minimum absolute atomic E-state index is 0.470. The van der Waals surface area contributed by atoms with Crippen LogP contribution in [0.25, 0.3) is 0 Å². The Balaban J connectivity index is 1.48. The molecule has 3 nitrogen and oxygen atoms in total. The molecule has 0 bridgehead atoms. The van der Waals surface area contributed by atoms with Crippen molar-refractivity contribution < 1.29 is 4.90 Å². The van der Waals surface area contributed by atoms with Crippen molar-refractivity contribution in [3.63, 3.8) is 0 Å². The second kappa shape index (κ2) is 9.54. The largest absolute Gasteiger partial charge is 0.362 e. The van der Waals surface area contributed by atoms with Crippen molar-refractivity contribution in [2.24, 2.45) is 0 Å². The molecule has 2 aromatic rings. The minimum Gasteiger partial charge on any atom is -0.362 e. The van der Waals surface area contributed by atoms with Crippen LogP contribution in [0.4, 0.5) is 0 Å². The molecule has 2 aromatic carbocycles. The number of nitrogens with one attached hydrogen (secondary N) is 3. The number of likely N-dealkylation sites (tertiary alicyclic amines) is 1. The van der Waals surface area contributed by atoms with Crippen molar-refractivity contribution in [2.45, 2.75) is 25.3 Å². The Morgan fingerprint density at radius 1 is 0.920 bits per heavy atom. The molecular formula is C21H28N3S+. The molecule has 0 radical (unpaired) electrons. The van der Waals surface area contributed by atoms with Crippen LogP contribution in [0, 0.1) is 0 Å². The van der Waals surface area contributed by atoms with Gasteiger partial charge in [0.1, 0.15) is 6.04 Å². The Hall–Kier alpha value is -1.91. The predicted molar refractivity (Wildman–Crippen MR) is 108 cm³/mol. The van der Waals surface area contributed by atoms with Crippen LogP contribution in [-0.4, -0.2) is 31.3 Å². The molecule has 1 atom stereocenters. The molecule has 0 spiro atoms. The molecule has 1 saturated heterocycles. The second-order valence-corrected chi connectivity index (χ2v) is 7.11. The lowest BCUT2D eigenvalue weighted by Crippen LogP contribution is -3.11. The Bertz CT molecular complexity index is 639. The summed E-state index contributed by atoms with van der Waals surface area (Å²) in [6, 6.07) is 21.8. The average Bonchev–Trinajstić information content (AvgIpc) is 3.18. The van der Waals surface area contributed by atoms with Gasteiger partial charge in [-0.2, -0.15) is 0 Å². The predicted octanol–water partition coefficient (Wildman–Crippen LogP) is 2.11. The van der Waals surface area contributed by atoms with Gasteiger partial charge in [0.25, 0.3) is 0 Å². The standard InChI is InChI=1S/C21H27N3S/c25-21(22-14-13-18-9-3-1-4-10-18)23-17-20(24-15-7-8-16-24)19-11-5-2-6-12-19/h1-6,9-12,20H,7-8,13-17H2,(H2,22,23,25)/p+1/t20-/m0/s1. The maximum atomic E-state index is 5.48. The number of hydrogen-bond donors (Lipinski definition) is 3. The number of hydrogen-bond acceptors (Lipinski definition) is 1. The summed E-state index contributed by atoms with van der Waals surface area (Å²) >= 11 is 5.48. The number of thiocarbonyl (C=S) groups is 1. The van der Waals surface area contributed by atoms with Crippen LogP contribution >= 0.6 is 12.2 Å². The van der Waals surface area contributed by atoms with Gasteiger partial charge in [-0.3, -0.25) is 0 Å². The fraction of sp³-hybridized carbons (Fsp3) is 0.381. The van der Waals surface area contributed by atoms with Gasteiger partial charge in [-0.15, -0.1) is 0 Å². The Kier molecular flexibility index (Phi) is 6.83. The zero-order chi connectivity index (χ0) is 17.3. The molecule has 25 heavy (non-hydrogen) atoms. The van der Waals surface area contributed by atoms with E-state index in [0.717, 1.165) is 24.6 Å². The van der Waals surface area contributed by atoms with Crippen LogP contribution in [0.2, 0.25) is 0 Å². The fourth-order valence-electron chi connectivity index (χ4n) is 3.58. The molecule has 1 aliphatic heterocycles. The smallest absolute Gasteiger partial charge is 0.166 e. The first-order valence-corrected chi connectivity index (χ1v) is 9.69. The van der Waals surface area contributed by atoms with Crippen LogP contribution in [0.3, 0.4) is 0 Å². The van der Waals surface area contributed by atoms with Crippen LogP contribution < -0.4 is 15.5 Å². The maximum Gasteiger partial charge on any atom is 0.166 e. The van der Waals surface area contributed by atoms with E-state index < -0.39 is 0 Å². The van der Waals surface area contributed by atoms with E-state index in [1.807, 2.05) is 6.07 Å². The fourth-order valence-corrected chi connectivity index (χ4v) is 3.77. The zero-order valence-corrected chi connectivity index (χ0v) is 15.5. The molecule has 132 valence electrons. The molecule has 3 rings (SSSR count). The Labute approximate surface area is 156 Å². The quantitative estimate of drug-likeness (QED) is 0.665. The first kappa shape index (κ1) is 17.9. The SMILES string of the molecule is S=C(NCCc1ccccc1)NC[C@@H](c1ccccc1)[NH+]1CCCC1. The molecule has 0 saturated carbocycles. The van der Waals surface area contributed by atoms with Crippen LogP contribution in [-0.2, 0) is 6.42 Å². The molecule has 1 fully saturated rings. The van der Waals surface area contributed by atoms with E-state index in [-0.39, 0.29) is 0 Å². The van der Waals surface area contributed by atoms with Crippen molar-refractivity contribution in [1.82, 2.24) is 10.6 Å². The average molecular weight is 355 g/mol. The molecule has 1 aliphatic rings. The van der Waals surface area contributed by atoms with E-state index in [1.54, 1.807) is 4.90 Å². The zero-order valence-electron chi connectivity index (χ0n) is 14.7. The highest BCUT2D eigenvalue weighted by atomic mass is 32.1. The lowest BCUT2D eigenvalue weighted by atomic mass is 10.1. The first-order valence-electron chi connectivity index (χ1n) is 9.28. The van der Waals surface area contributed by atoms with Gasteiger partial charge in [-0.1, -0.05) is 60.7 Å². The Morgan fingerprint density at radius 2 is 1.56 bits per heavy atom. The highest BCUT2D eigenvalue weighted by Gasteiger charge is 2.27. The third-order valence-corrected chi connectivity index (χ3v) is 5.24. The van der Waals surface area contributed by atoms with Crippen molar-refractivity contribution in [2.75, 3.05) is 26.2 Å². The van der Waals surface area contributed by atoms with E-state index in [1.165, 1.54) is 37.1 Å². The third-order valence-electron chi connectivity index (χ3n) is 4.95. The number of quaternary nitrogens is 1. The normalized spacial score (nSPS) is 15.7. The van der Waals surface area contributed by atoms with Gasteiger partial charge in [0.05, 0.1) is 19.6 Å². The summed E-state index contributed by atoms with van der Waals surface area (Å²) in [6.45, 7) is 4.27. The van der Waals surface area contributed by atoms with E-state index in [2.05, 4.69) is 65.2 Å². The molecule has 0 aromatic heterocycles. The molecule has 0 aliphatic carbocycles. The lowest BCUT2D eigenvalue weighted by Gasteiger charge is -2.26. The molecular weight excluding hydrogens is 326 g/mol. The van der Waals surface area contributed by atoms with Crippen LogP contribution in [0.15, 0.2) is 60.7 Å². The van der Waals surface area contributed by atoms with E-state index >= 15 is 0 Å². The topological polar surface area (TPSA) is 28.5 Å². The van der Waals surface area contributed by atoms with Crippen LogP contribution in [0.1, 0.15) is 30.0 Å². The van der Waals surface area contributed by atoms with Crippen molar-refractivity contribution >= 4 is 17.3 Å². The summed E-state index contributed by atoms with van der Waals surface area (Å²) in [6.07, 6.45) is 3.65. The molecule has 3 N–H and O–H groups in total. The van der Waals surface area contributed by atoms with Gasteiger partial charge in [0, 0.05) is 24.9 Å². The van der Waals surface area contributed by atoms with E-state index in [9.17, 15) is 0 Å². The van der Waals surface area contributed by atoms with Gasteiger partial charge in [-0.05, 0) is 24.2 Å². The summed E-state index contributed by atoms with van der Waals surface area (Å²) < 4.78 is 0. The van der Waals surface area contributed by atoms with Crippen molar-refractivity contribution in [3.8, 4) is 0 Å². The number of rotatable bonds is 7. The van der Waals surface area contributed by atoms with Gasteiger partial charge < -0.3 is 15.5 Å². The third kappa shape index (κ3) is 5.55. The molecule has 1 heterocycles. The maximum absolute atomic E-state index is 5.48. The van der Waals surface area contributed by atoms with E-state index in [0.29, 0.717) is 6.04 Å². The number of benzene rings is 2. The lowest BCUT2D eigenvalue weighted by molar-refractivity contribution is -0.918. The van der Waals surface area contributed by atoms with Crippen molar-refractivity contribution in [3.05, 3.63) is 71.8 Å². The van der Waals surface area contributed by atoms with Crippen LogP contribution in [0.5, 0.6) is 0 Å². The highest BCUT2D eigenvalue weighted by Crippen LogP contribution is 2.10.